The maximum absolute atomic E-state index is 12.1. The van der Waals surface area contributed by atoms with Crippen LogP contribution in [0, 0.1) is 17.3 Å². The maximum atomic E-state index is 12.1. The largest absolute Gasteiger partial charge is 0.376 e. The summed E-state index contributed by atoms with van der Waals surface area (Å²) in [6.45, 7) is 4.32. The standard InChI is InChI=1S/C22H30O4/c1-22-12-17(23)11-19(22)18(15-24-14-16-7-3-2-4-8-16)20(13-22)26-21-9-5-6-10-25-21/h2-4,7-8,18-21H,5-6,9-15H2,1H3/t18-,19?,20+,21?,22+/m1/s1. The number of carbonyl (C=O) groups is 1. The Kier molecular flexibility index (Phi) is 5.44. The highest BCUT2D eigenvalue weighted by Gasteiger charge is 2.56. The summed E-state index contributed by atoms with van der Waals surface area (Å²) in [6, 6.07) is 10.3. The van der Waals surface area contributed by atoms with Crippen molar-refractivity contribution in [1.29, 1.82) is 0 Å². The fourth-order valence-electron chi connectivity index (χ4n) is 5.18. The number of carbonyl (C=O) groups excluding carboxylic acids is 1. The van der Waals surface area contributed by atoms with Gasteiger partial charge in [-0.25, -0.2) is 0 Å². The molecule has 3 aliphatic rings. The van der Waals surface area contributed by atoms with Crippen LogP contribution in [0.2, 0.25) is 0 Å². The lowest BCUT2D eigenvalue weighted by atomic mass is 9.80. The van der Waals surface area contributed by atoms with Crippen LogP contribution in [0.15, 0.2) is 30.3 Å². The van der Waals surface area contributed by atoms with Gasteiger partial charge in [0, 0.05) is 25.4 Å². The molecule has 0 bridgehead atoms. The average molecular weight is 358 g/mol. The normalized spacial score (nSPS) is 37.0. The van der Waals surface area contributed by atoms with Crippen molar-refractivity contribution in [1.82, 2.24) is 0 Å². The minimum Gasteiger partial charge on any atom is -0.376 e. The van der Waals surface area contributed by atoms with Crippen LogP contribution in [0.5, 0.6) is 0 Å². The van der Waals surface area contributed by atoms with Crippen molar-refractivity contribution in [3.8, 4) is 0 Å². The van der Waals surface area contributed by atoms with Gasteiger partial charge in [0.1, 0.15) is 5.78 Å². The molecule has 0 aromatic heterocycles. The van der Waals surface area contributed by atoms with Gasteiger partial charge in [-0.1, -0.05) is 37.3 Å². The average Bonchev–Trinajstić information content (AvgIpc) is 3.06. The van der Waals surface area contributed by atoms with Crippen LogP contribution in [0.4, 0.5) is 0 Å². The minimum absolute atomic E-state index is 0.0667. The summed E-state index contributed by atoms with van der Waals surface area (Å²) >= 11 is 0. The van der Waals surface area contributed by atoms with E-state index in [0.29, 0.717) is 37.8 Å². The molecule has 0 spiro atoms. The molecule has 4 nitrogen and oxygen atoms in total. The zero-order valence-electron chi connectivity index (χ0n) is 15.7. The number of ketones is 1. The van der Waals surface area contributed by atoms with Crippen molar-refractivity contribution < 1.29 is 19.0 Å². The molecule has 2 saturated carbocycles. The molecule has 2 unspecified atom stereocenters. The lowest BCUT2D eigenvalue weighted by Gasteiger charge is -2.30. The number of fused-ring (bicyclic) bond motifs is 1. The molecule has 1 aliphatic heterocycles. The van der Waals surface area contributed by atoms with Gasteiger partial charge in [-0.15, -0.1) is 0 Å². The molecule has 0 amide bonds. The number of hydrogen-bond donors (Lipinski definition) is 0. The highest BCUT2D eigenvalue weighted by molar-refractivity contribution is 5.82. The molecule has 26 heavy (non-hydrogen) atoms. The van der Waals surface area contributed by atoms with E-state index in [4.69, 9.17) is 14.2 Å². The van der Waals surface area contributed by atoms with Crippen molar-refractivity contribution in [3.05, 3.63) is 35.9 Å². The second-order valence-corrected chi connectivity index (χ2v) is 8.52. The molecule has 1 heterocycles. The third-order valence-electron chi connectivity index (χ3n) is 6.49. The first-order valence-corrected chi connectivity index (χ1v) is 10.0. The Labute approximate surface area is 156 Å². The van der Waals surface area contributed by atoms with E-state index >= 15 is 0 Å². The van der Waals surface area contributed by atoms with Crippen LogP contribution in [0.1, 0.15) is 51.0 Å². The van der Waals surface area contributed by atoms with Crippen LogP contribution < -0.4 is 0 Å². The van der Waals surface area contributed by atoms with E-state index in [9.17, 15) is 4.79 Å². The Balaban J connectivity index is 1.41. The number of rotatable bonds is 6. The maximum Gasteiger partial charge on any atom is 0.157 e. The first-order valence-electron chi connectivity index (χ1n) is 10.0. The van der Waals surface area contributed by atoms with Gasteiger partial charge in [-0.05, 0) is 42.6 Å². The van der Waals surface area contributed by atoms with Gasteiger partial charge in [0.25, 0.3) is 0 Å². The topological polar surface area (TPSA) is 44.8 Å². The first kappa shape index (κ1) is 18.1. The Hall–Kier alpha value is -1.23. The third-order valence-corrected chi connectivity index (χ3v) is 6.49. The second kappa shape index (κ2) is 7.79. The molecule has 1 aromatic carbocycles. The van der Waals surface area contributed by atoms with Crippen LogP contribution in [-0.2, 0) is 25.6 Å². The molecule has 2 aliphatic carbocycles. The second-order valence-electron chi connectivity index (χ2n) is 8.52. The van der Waals surface area contributed by atoms with Gasteiger partial charge in [0.15, 0.2) is 6.29 Å². The summed E-state index contributed by atoms with van der Waals surface area (Å²) < 4.78 is 18.3. The molecule has 0 radical (unpaired) electrons. The summed E-state index contributed by atoms with van der Waals surface area (Å²) in [6.07, 6.45) is 5.66. The zero-order chi connectivity index (χ0) is 18.0. The van der Waals surface area contributed by atoms with Crippen LogP contribution in [0.3, 0.4) is 0 Å². The molecule has 1 saturated heterocycles. The van der Waals surface area contributed by atoms with E-state index in [1.807, 2.05) is 18.2 Å². The fourth-order valence-corrected chi connectivity index (χ4v) is 5.18. The number of benzene rings is 1. The van der Waals surface area contributed by atoms with E-state index in [2.05, 4.69) is 19.1 Å². The van der Waals surface area contributed by atoms with Crippen molar-refractivity contribution in [2.75, 3.05) is 13.2 Å². The van der Waals surface area contributed by atoms with Crippen molar-refractivity contribution in [2.45, 2.75) is 64.4 Å². The molecule has 142 valence electrons. The summed E-state index contributed by atoms with van der Waals surface area (Å²) in [5, 5.41) is 0. The van der Waals surface area contributed by atoms with Crippen LogP contribution >= 0.6 is 0 Å². The number of ether oxygens (including phenoxy) is 3. The Morgan fingerprint density at radius 1 is 1.23 bits per heavy atom. The zero-order valence-corrected chi connectivity index (χ0v) is 15.7. The lowest BCUT2D eigenvalue weighted by molar-refractivity contribution is -0.199. The number of hydrogen-bond acceptors (Lipinski definition) is 4. The summed E-state index contributed by atoms with van der Waals surface area (Å²) in [5.74, 6) is 1.05. The van der Waals surface area contributed by atoms with Gasteiger partial charge in [-0.2, -0.15) is 0 Å². The van der Waals surface area contributed by atoms with Gasteiger partial charge in [0.05, 0.1) is 19.3 Å². The summed E-state index contributed by atoms with van der Waals surface area (Å²) in [7, 11) is 0. The van der Waals surface area contributed by atoms with E-state index in [0.717, 1.165) is 25.9 Å². The Bertz CT molecular complexity index is 610. The predicted molar refractivity (Wildman–Crippen MR) is 98.5 cm³/mol. The highest BCUT2D eigenvalue weighted by atomic mass is 16.7. The molecule has 4 heteroatoms. The van der Waals surface area contributed by atoms with Crippen LogP contribution in [0.25, 0.3) is 0 Å². The minimum atomic E-state index is -0.0801. The van der Waals surface area contributed by atoms with Crippen molar-refractivity contribution in [3.63, 3.8) is 0 Å². The predicted octanol–water partition coefficient (Wildman–Crippen LogP) is 4.12. The van der Waals surface area contributed by atoms with Gasteiger partial charge in [0.2, 0.25) is 0 Å². The molecular formula is C22H30O4. The van der Waals surface area contributed by atoms with Crippen molar-refractivity contribution >= 4 is 5.78 Å². The molecule has 3 fully saturated rings. The summed E-state index contributed by atoms with van der Waals surface area (Å²) in [5.41, 5.74) is 1.25. The van der Waals surface area contributed by atoms with E-state index in [1.165, 1.54) is 12.0 Å². The SMILES string of the molecule is C[C@@]12CC(=O)CC1[C@@H](COCc1ccccc1)[C@@H](OC1CCCCO1)C2. The third kappa shape index (κ3) is 3.88. The number of Topliss-reactive ketones (excluding diaryl/α,β-unsaturated/α-hetero) is 1. The van der Waals surface area contributed by atoms with E-state index < -0.39 is 0 Å². The molecule has 5 atom stereocenters. The Morgan fingerprint density at radius 2 is 2.08 bits per heavy atom. The van der Waals surface area contributed by atoms with Gasteiger partial charge < -0.3 is 14.2 Å². The Morgan fingerprint density at radius 3 is 2.85 bits per heavy atom. The molecular weight excluding hydrogens is 328 g/mol. The van der Waals surface area contributed by atoms with E-state index in [1.54, 1.807) is 0 Å². The van der Waals surface area contributed by atoms with Crippen molar-refractivity contribution in [2.24, 2.45) is 17.3 Å². The fraction of sp³-hybridized carbons (Fsp3) is 0.682. The molecule has 4 rings (SSSR count). The molecule has 1 aromatic rings. The monoisotopic (exact) mass is 358 g/mol. The highest BCUT2D eigenvalue weighted by Crippen LogP contribution is 2.56. The lowest BCUT2D eigenvalue weighted by Crippen LogP contribution is -2.33. The quantitative estimate of drug-likeness (QED) is 0.767. The molecule has 0 N–H and O–H groups in total. The summed E-state index contributed by atoms with van der Waals surface area (Å²) in [4.78, 5) is 12.1. The first-order chi connectivity index (χ1) is 12.6. The smallest absolute Gasteiger partial charge is 0.157 e. The van der Waals surface area contributed by atoms with Gasteiger partial charge in [-0.3, -0.25) is 4.79 Å². The van der Waals surface area contributed by atoms with Gasteiger partial charge >= 0.3 is 0 Å². The van der Waals surface area contributed by atoms with Crippen LogP contribution in [-0.4, -0.2) is 31.4 Å². The van der Waals surface area contributed by atoms with E-state index in [-0.39, 0.29) is 23.7 Å².